The van der Waals surface area contributed by atoms with Crippen molar-refractivity contribution < 1.29 is 13.9 Å². The molecule has 0 bridgehead atoms. The van der Waals surface area contributed by atoms with Crippen LogP contribution in [0.1, 0.15) is 18.0 Å². The van der Waals surface area contributed by atoms with Gasteiger partial charge in [0, 0.05) is 30.2 Å². The van der Waals surface area contributed by atoms with Crippen LogP contribution in [0.4, 0.5) is 4.39 Å². The number of ether oxygens (including phenoxy) is 2. The van der Waals surface area contributed by atoms with Crippen molar-refractivity contribution in [1.82, 2.24) is 0 Å². The number of hydrogen-bond donors (Lipinski definition) is 1. The number of methoxy groups -OCH3 is 1. The highest BCUT2D eigenvalue weighted by atomic mass is 19.1. The fourth-order valence-electron chi connectivity index (χ4n) is 1.61. The van der Waals surface area contributed by atoms with Crippen molar-refractivity contribution in [1.29, 1.82) is 0 Å². The number of benzene rings is 1. The highest BCUT2D eigenvalue weighted by molar-refractivity contribution is 5.44. The van der Waals surface area contributed by atoms with Crippen LogP contribution in [0, 0.1) is 5.82 Å². The maximum atomic E-state index is 13.5. The number of rotatable bonds is 1. The maximum Gasteiger partial charge on any atom is 0.135 e. The molecule has 1 heterocycles. The molecule has 3 nitrogen and oxygen atoms in total. The highest BCUT2D eigenvalue weighted by Crippen LogP contribution is 2.35. The van der Waals surface area contributed by atoms with Gasteiger partial charge in [-0.05, 0) is 0 Å². The molecule has 1 aliphatic rings. The van der Waals surface area contributed by atoms with Crippen LogP contribution in [-0.4, -0.2) is 13.7 Å². The summed E-state index contributed by atoms with van der Waals surface area (Å²) in [4.78, 5) is 0. The van der Waals surface area contributed by atoms with Crippen molar-refractivity contribution in [3.8, 4) is 11.5 Å². The first-order valence-corrected chi connectivity index (χ1v) is 4.48. The Labute approximate surface area is 81.6 Å². The van der Waals surface area contributed by atoms with Gasteiger partial charge in [-0.15, -0.1) is 0 Å². The molecule has 0 aromatic heterocycles. The SMILES string of the molecule is COc1cc(F)c2c(c1)OCC[C@@H]2N. The topological polar surface area (TPSA) is 44.5 Å². The number of fused-ring (bicyclic) bond motifs is 1. The zero-order valence-electron chi connectivity index (χ0n) is 7.92. The fraction of sp³-hybridized carbons (Fsp3) is 0.400. The minimum Gasteiger partial charge on any atom is -0.497 e. The smallest absolute Gasteiger partial charge is 0.135 e. The standard InChI is InChI=1S/C10H12FNO2/c1-13-6-4-7(11)10-8(12)2-3-14-9(10)5-6/h4-5,8H,2-3,12H2,1H3/t8-/m0/s1. The first-order chi connectivity index (χ1) is 6.72. The van der Waals surface area contributed by atoms with Gasteiger partial charge in [-0.25, -0.2) is 4.39 Å². The summed E-state index contributed by atoms with van der Waals surface area (Å²) in [6, 6.07) is 2.72. The van der Waals surface area contributed by atoms with Gasteiger partial charge >= 0.3 is 0 Å². The lowest BCUT2D eigenvalue weighted by Crippen LogP contribution is -2.22. The van der Waals surface area contributed by atoms with Gasteiger partial charge in [0.25, 0.3) is 0 Å². The Morgan fingerprint density at radius 3 is 3.07 bits per heavy atom. The van der Waals surface area contributed by atoms with E-state index in [4.69, 9.17) is 15.2 Å². The van der Waals surface area contributed by atoms with Crippen LogP contribution in [0.25, 0.3) is 0 Å². The van der Waals surface area contributed by atoms with Gasteiger partial charge in [0.15, 0.2) is 0 Å². The van der Waals surface area contributed by atoms with E-state index >= 15 is 0 Å². The normalized spacial score (nSPS) is 19.8. The molecule has 4 heteroatoms. The van der Waals surface area contributed by atoms with E-state index < -0.39 is 0 Å². The first kappa shape index (κ1) is 9.27. The molecule has 0 radical (unpaired) electrons. The Kier molecular flexibility index (Phi) is 2.29. The van der Waals surface area contributed by atoms with Gasteiger partial charge in [-0.1, -0.05) is 0 Å². The number of nitrogens with two attached hydrogens (primary N) is 1. The van der Waals surface area contributed by atoms with E-state index in [1.165, 1.54) is 13.2 Å². The summed E-state index contributed by atoms with van der Waals surface area (Å²) in [7, 11) is 1.49. The molecule has 76 valence electrons. The van der Waals surface area contributed by atoms with E-state index in [1.54, 1.807) is 6.07 Å². The van der Waals surface area contributed by atoms with Gasteiger partial charge in [0.05, 0.1) is 13.7 Å². The lowest BCUT2D eigenvalue weighted by Gasteiger charge is -2.23. The molecule has 1 atom stereocenters. The lowest BCUT2D eigenvalue weighted by molar-refractivity contribution is 0.261. The summed E-state index contributed by atoms with van der Waals surface area (Å²) in [5.41, 5.74) is 6.23. The van der Waals surface area contributed by atoms with Crippen molar-refractivity contribution >= 4 is 0 Å². The second-order valence-corrected chi connectivity index (χ2v) is 3.26. The Hall–Kier alpha value is -1.29. The molecule has 0 saturated carbocycles. The van der Waals surface area contributed by atoms with E-state index in [-0.39, 0.29) is 11.9 Å². The minimum absolute atomic E-state index is 0.273. The van der Waals surface area contributed by atoms with Crippen LogP contribution >= 0.6 is 0 Å². The van der Waals surface area contributed by atoms with Gasteiger partial charge in [-0.3, -0.25) is 0 Å². The van der Waals surface area contributed by atoms with Gasteiger partial charge in [-0.2, -0.15) is 0 Å². The summed E-state index contributed by atoms with van der Waals surface area (Å²) in [6.07, 6.45) is 0.649. The van der Waals surface area contributed by atoms with Crippen molar-refractivity contribution in [2.45, 2.75) is 12.5 Å². The second-order valence-electron chi connectivity index (χ2n) is 3.26. The van der Waals surface area contributed by atoms with Crippen molar-refractivity contribution in [3.05, 3.63) is 23.5 Å². The third kappa shape index (κ3) is 1.42. The molecule has 0 unspecified atom stereocenters. The monoisotopic (exact) mass is 197 g/mol. The molecule has 14 heavy (non-hydrogen) atoms. The first-order valence-electron chi connectivity index (χ1n) is 4.48. The van der Waals surface area contributed by atoms with E-state index in [9.17, 15) is 4.39 Å². The van der Waals surface area contributed by atoms with Crippen LogP contribution in [-0.2, 0) is 0 Å². The molecule has 0 aliphatic carbocycles. The summed E-state index contributed by atoms with van der Waals surface area (Å²) >= 11 is 0. The van der Waals surface area contributed by atoms with Crippen LogP contribution in [0.3, 0.4) is 0 Å². The minimum atomic E-state index is -0.355. The highest BCUT2D eigenvalue weighted by Gasteiger charge is 2.23. The fourth-order valence-corrected chi connectivity index (χ4v) is 1.61. The van der Waals surface area contributed by atoms with E-state index in [1.807, 2.05) is 0 Å². The van der Waals surface area contributed by atoms with Crippen LogP contribution in [0.2, 0.25) is 0 Å². The Morgan fingerprint density at radius 1 is 1.57 bits per heavy atom. The predicted molar refractivity (Wildman–Crippen MR) is 50.0 cm³/mol. The van der Waals surface area contributed by atoms with Crippen molar-refractivity contribution in [3.63, 3.8) is 0 Å². The number of hydrogen-bond acceptors (Lipinski definition) is 3. The maximum absolute atomic E-state index is 13.5. The van der Waals surface area contributed by atoms with Crippen molar-refractivity contribution in [2.24, 2.45) is 5.73 Å². The van der Waals surface area contributed by atoms with Gasteiger partial charge < -0.3 is 15.2 Å². The van der Waals surface area contributed by atoms with Gasteiger partial charge in [0.2, 0.25) is 0 Å². The largest absolute Gasteiger partial charge is 0.497 e. The quantitative estimate of drug-likeness (QED) is 0.744. The number of halogens is 1. The molecule has 0 amide bonds. The Bertz CT molecular complexity index is 354. The molecule has 0 saturated heterocycles. The summed E-state index contributed by atoms with van der Waals surface area (Å²) in [5, 5.41) is 0. The van der Waals surface area contributed by atoms with E-state index in [2.05, 4.69) is 0 Å². The molecule has 1 aliphatic heterocycles. The van der Waals surface area contributed by atoms with Crippen LogP contribution in [0.5, 0.6) is 11.5 Å². The summed E-state index contributed by atoms with van der Waals surface area (Å²) in [5.74, 6) is 0.600. The molecule has 1 aromatic carbocycles. The average molecular weight is 197 g/mol. The lowest BCUT2D eigenvalue weighted by atomic mass is 10.0. The molecule has 2 rings (SSSR count). The predicted octanol–water partition coefficient (Wildman–Crippen LogP) is 1.62. The Balaban J connectivity index is 2.51. The molecule has 1 aromatic rings. The third-order valence-electron chi connectivity index (χ3n) is 2.36. The Morgan fingerprint density at radius 2 is 2.36 bits per heavy atom. The summed E-state index contributed by atoms with van der Waals surface area (Å²) in [6.45, 7) is 0.529. The zero-order valence-corrected chi connectivity index (χ0v) is 7.92. The second kappa shape index (κ2) is 3.46. The van der Waals surface area contributed by atoms with Crippen molar-refractivity contribution in [2.75, 3.05) is 13.7 Å². The molecule has 0 spiro atoms. The third-order valence-corrected chi connectivity index (χ3v) is 2.36. The van der Waals surface area contributed by atoms with Crippen LogP contribution < -0.4 is 15.2 Å². The van der Waals surface area contributed by atoms with Crippen LogP contribution in [0.15, 0.2) is 12.1 Å². The van der Waals surface area contributed by atoms with E-state index in [0.717, 1.165) is 0 Å². The molecule has 2 N–H and O–H groups in total. The summed E-state index contributed by atoms with van der Waals surface area (Å²) < 4.78 is 23.8. The zero-order chi connectivity index (χ0) is 10.1. The van der Waals surface area contributed by atoms with Gasteiger partial charge in [0.1, 0.15) is 17.3 Å². The van der Waals surface area contributed by atoms with E-state index in [0.29, 0.717) is 30.1 Å². The molecular formula is C10H12FNO2. The average Bonchev–Trinajstić information content (AvgIpc) is 2.17. The molecular weight excluding hydrogens is 185 g/mol. The molecule has 0 fully saturated rings.